The number of hydrogen-bond donors (Lipinski definition) is 2. The van der Waals surface area contributed by atoms with Crippen LogP contribution in [0.4, 0.5) is 11.6 Å². The van der Waals surface area contributed by atoms with Crippen LogP contribution in [-0.4, -0.2) is 41.4 Å². The van der Waals surface area contributed by atoms with Gasteiger partial charge in [0.25, 0.3) is 15.9 Å². The Morgan fingerprint density at radius 3 is 2.61 bits per heavy atom. The quantitative estimate of drug-likeness (QED) is 0.423. The van der Waals surface area contributed by atoms with Gasteiger partial charge in [0, 0.05) is 29.4 Å². The molecule has 214 valence electrons. The van der Waals surface area contributed by atoms with Gasteiger partial charge in [-0.25, -0.2) is 14.7 Å². The van der Waals surface area contributed by atoms with Gasteiger partial charge in [-0.2, -0.15) is 13.7 Å². The second-order valence-electron chi connectivity index (χ2n) is 12.5. The molecule has 0 spiro atoms. The zero-order valence-electron chi connectivity index (χ0n) is 24.0. The van der Waals surface area contributed by atoms with E-state index < -0.39 is 15.9 Å². The summed E-state index contributed by atoms with van der Waals surface area (Å²) in [6.45, 7) is 11.1. The van der Waals surface area contributed by atoms with E-state index in [1.54, 1.807) is 42.6 Å². The monoisotopic (exact) mass is 573 g/mol. The molecule has 5 rings (SSSR count). The van der Waals surface area contributed by atoms with Crippen molar-refractivity contribution in [2.75, 3.05) is 16.8 Å². The first-order valence-electron chi connectivity index (χ1n) is 13.7. The van der Waals surface area contributed by atoms with Gasteiger partial charge >= 0.3 is 0 Å². The summed E-state index contributed by atoms with van der Waals surface area (Å²) >= 11 is 0. The molecule has 0 aliphatic carbocycles. The largest absolute Gasteiger partial charge is 0.362 e. The third-order valence-corrected chi connectivity index (χ3v) is 9.01. The number of nitrogens with one attached hydrogen (secondary N) is 2. The molecule has 2 aliphatic heterocycles. The van der Waals surface area contributed by atoms with Gasteiger partial charge in [-0.15, -0.1) is 0 Å². The van der Waals surface area contributed by atoms with Gasteiger partial charge in [-0.3, -0.25) is 9.78 Å². The average Bonchev–Trinajstić information content (AvgIpc) is 3.23. The number of aromatic nitrogens is 3. The van der Waals surface area contributed by atoms with Crippen LogP contribution >= 0.6 is 0 Å². The van der Waals surface area contributed by atoms with Crippen molar-refractivity contribution in [1.29, 1.82) is 5.26 Å². The van der Waals surface area contributed by atoms with Crippen LogP contribution in [0.5, 0.6) is 0 Å². The fourth-order valence-corrected chi connectivity index (χ4v) is 6.59. The molecule has 41 heavy (non-hydrogen) atoms. The van der Waals surface area contributed by atoms with Crippen LogP contribution in [0.15, 0.2) is 53.7 Å². The van der Waals surface area contributed by atoms with Crippen LogP contribution in [0.2, 0.25) is 0 Å². The van der Waals surface area contributed by atoms with Crippen LogP contribution in [0.25, 0.3) is 0 Å². The Kier molecular flexibility index (Phi) is 7.24. The molecule has 11 heteroatoms. The molecule has 4 bridgehead atoms. The summed E-state index contributed by atoms with van der Waals surface area (Å²) in [4.78, 5) is 29.5. The summed E-state index contributed by atoms with van der Waals surface area (Å²) < 4.78 is 29.0. The van der Waals surface area contributed by atoms with Gasteiger partial charge in [0.15, 0.2) is 5.03 Å². The first-order valence-corrected chi connectivity index (χ1v) is 15.2. The molecular weight excluding hydrogens is 538 g/mol. The topological polar surface area (TPSA) is 141 Å². The molecule has 0 saturated carbocycles. The summed E-state index contributed by atoms with van der Waals surface area (Å²) in [5.74, 6) is 0.331. The summed E-state index contributed by atoms with van der Waals surface area (Å²) in [7, 11) is -4.30. The highest BCUT2D eigenvalue weighted by Crippen LogP contribution is 2.41. The summed E-state index contributed by atoms with van der Waals surface area (Å²) in [5, 5.41) is 12.5. The highest BCUT2D eigenvalue weighted by Gasteiger charge is 2.41. The van der Waals surface area contributed by atoms with Crippen molar-refractivity contribution >= 4 is 27.6 Å². The van der Waals surface area contributed by atoms with Gasteiger partial charge < -0.3 is 10.2 Å². The molecule has 2 N–H and O–H groups in total. The number of carbonyl (C=O) groups excluding carboxylic acids is 1. The Balaban J connectivity index is 1.63. The molecule has 1 unspecified atom stereocenters. The third kappa shape index (κ3) is 5.88. The predicted molar refractivity (Wildman–Crippen MR) is 156 cm³/mol. The number of pyridine rings is 3. The average molecular weight is 574 g/mol. The maximum absolute atomic E-state index is 13.6. The van der Waals surface area contributed by atoms with E-state index in [1.807, 2.05) is 0 Å². The number of amides is 1. The second-order valence-corrected chi connectivity index (χ2v) is 14.1. The van der Waals surface area contributed by atoms with Crippen molar-refractivity contribution in [2.24, 2.45) is 5.92 Å². The van der Waals surface area contributed by atoms with Crippen molar-refractivity contribution in [1.82, 2.24) is 19.7 Å². The fourth-order valence-electron chi connectivity index (χ4n) is 5.66. The molecule has 1 fully saturated rings. The Morgan fingerprint density at radius 2 is 1.88 bits per heavy atom. The van der Waals surface area contributed by atoms with Gasteiger partial charge in [-0.05, 0) is 75.4 Å². The van der Waals surface area contributed by atoms with Crippen LogP contribution in [-0.2, 0) is 15.4 Å². The molecule has 3 aromatic heterocycles. The molecule has 1 amide bonds. The van der Waals surface area contributed by atoms with Crippen molar-refractivity contribution in [2.45, 2.75) is 75.9 Å². The van der Waals surface area contributed by atoms with E-state index in [0.29, 0.717) is 35.9 Å². The van der Waals surface area contributed by atoms with Crippen LogP contribution in [0, 0.1) is 17.2 Å². The van der Waals surface area contributed by atoms with Crippen molar-refractivity contribution < 1.29 is 13.2 Å². The predicted octanol–water partition coefficient (Wildman–Crippen LogP) is 4.71. The van der Waals surface area contributed by atoms with E-state index in [4.69, 9.17) is 4.98 Å². The van der Waals surface area contributed by atoms with Crippen molar-refractivity contribution in [3.63, 3.8) is 0 Å². The van der Waals surface area contributed by atoms with Gasteiger partial charge in [-0.1, -0.05) is 26.8 Å². The second kappa shape index (κ2) is 10.4. The minimum Gasteiger partial charge on any atom is -0.362 e. The lowest BCUT2D eigenvalue weighted by Gasteiger charge is -2.34. The Hall–Kier alpha value is -4.04. The lowest BCUT2D eigenvalue weighted by Crippen LogP contribution is -2.41. The lowest BCUT2D eigenvalue weighted by atomic mass is 9.90. The highest BCUT2D eigenvalue weighted by atomic mass is 32.2. The molecule has 0 aromatic carbocycles. The van der Waals surface area contributed by atoms with E-state index >= 15 is 0 Å². The zero-order chi connectivity index (χ0) is 29.6. The number of carbonyl (C=O) groups is 1. The molecular formula is C30H35N7O3S. The van der Waals surface area contributed by atoms with Crippen LogP contribution in [0.3, 0.4) is 0 Å². The van der Waals surface area contributed by atoms with Gasteiger partial charge in [0.05, 0.1) is 28.9 Å². The molecule has 2 atom stereocenters. The Bertz CT molecular complexity index is 1640. The lowest BCUT2D eigenvalue weighted by molar-refractivity contribution is 0.0981. The van der Waals surface area contributed by atoms with Crippen molar-refractivity contribution in [3.8, 4) is 6.07 Å². The number of anilines is 2. The molecule has 5 heterocycles. The molecule has 1 saturated heterocycles. The number of fused-ring (bicyclic) bond motifs is 6. The maximum Gasteiger partial charge on any atom is 0.281 e. The summed E-state index contributed by atoms with van der Waals surface area (Å²) in [6.07, 6.45) is 3.97. The van der Waals surface area contributed by atoms with Gasteiger partial charge in [0.2, 0.25) is 0 Å². The number of sulfonamides is 1. The first-order chi connectivity index (χ1) is 19.3. The standard InChI is InChI=1S/C30H35N7O3S/c1-29(2,3)24-12-10-21-27(34-24)37-18-20(16-30(37,4)5)9-11-22(23-15-19(17-31)13-14-32-23)33-25-7-6-8-26(35-25)41(39,40)36-28(21)38/h6-8,10,12-15,20,22H,9,11,16,18H2,1-5H3,(H,33,35)(H,36,38)/t20-,22?/m0/s1. The maximum atomic E-state index is 13.6. The fraction of sp³-hybridized carbons (Fsp3) is 0.433. The van der Waals surface area contributed by atoms with E-state index in [0.717, 1.165) is 18.5 Å². The van der Waals surface area contributed by atoms with Crippen LogP contribution < -0.4 is 14.9 Å². The minimum absolute atomic E-state index is 0.204. The number of nitrogens with zero attached hydrogens (tertiary/aromatic N) is 5. The minimum atomic E-state index is -4.30. The summed E-state index contributed by atoms with van der Waals surface area (Å²) in [5.41, 5.74) is 1.58. The van der Waals surface area contributed by atoms with Gasteiger partial charge in [0.1, 0.15) is 11.6 Å². The molecule has 0 radical (unpaired) electrons. The number of rotatable bonds is 1. The molecule has 2 aliphatic rings. The number of nitriles is 1. The van der Waals surface area contributed by atoms with E-state index in [9.17, 15) is 18.5 Å². The Morgan fingerprint density at radius 1 is 1.10 bits per heavy atom. The first kappa shape index (κ1) is 28.5. The normalized spacial score (nSPS) is 21.9. The Labute approximate surface area is 241 Å². The SMILES string of the molecule is CC(C)(C)c1ccc2c(n1)N1C[C@@H](CCC(c3cc(C#N)ccn3)Nc3cccc(n3)S(=O)(=O)NC2=O)CC1(C)C. The van der Waals surface area contributed by atoms with Crippen LogP contribution in [0.1, 0.15) is 87.2 Å². The highest BCUT2D eigenvalue weighted by molar-refractivity contribution is 7.90. The molecule has 10 nitrogen and oxygen atoms in total. The van der Waals surface area contributed by atoms with Crippen molar-refractivity contribution in [3.05, 3.63) is 71.2 Å². The summed E-state index contributed by atoms with van der Waals surface area (Å²) in [6, 6.07) is 13.3. The third-order valence-electron chi connectivity index (χ3n) is 7.78. The van der Waals surface area contributed by atoms with E-state index in [-0.39, 0.29) is 33.5 Å². The number of hydrogen-bond acceptors (Lipinski definition) is 9. The smallest absolute Gasteiger partial charge is 0.281 e. The zero-order valence-corrected chi connectivity index (χ0v) is 24.8. The van der Waals surface area contributed by atoms with E-state index in [2.05, 4.69) is 65.6 Å². The molecule has 3 aromatic rings. The van der Waals surface area contributed by atoms with E-state index in [1.165, 1.54) is 6.07 Å².